The first-order valence-electron chi connectivity index (χ1n) is 5.40. The summed E-state index contributed by atoms with van der Waals surface area (Å²) in [6.45, 7) is 0. The van der Waals surface area contributed by atoms with E-state index in [9.17, 15) is 4.79 Å². The zero-order valence-corrected chi connectivity index (χ0v) is 9.34. The minimum Gasteiger partial charge on any atom is -0.480 e. The number of aryl methyl sites for hydroxylation is 1. The first-order valence-corrected chi connectivity index (χ1v) is 5.40. The molecule has 2 aromatic heterocycles. The largest absolute Gasteiger partial charge is 0.480 e. The summed E-state index contributed by atoms with van der Waals surface area (Å²) >= 11 is 0. The lowest BCUT2D eigenvalue weighted by Crippen LogP contribution is -2.31. The van der Waals surface area contributed by atoms with Gasteiger partial charge < -0.3 is 15.0 Å². The number of fused-ring (bicyclic) bond motifs is 1. The summed E-state index contributed by atoms with van der Waals surface area (Å²) < 4.78 is 1.88. The van der Waals surface area contributed by atoms with Crippen molar-refractivity contribution >= 4 is 22.8 Å². The lowest BCUT2D eigenvalue weighted by atomic mass is 10.2. The Kier molecular flexibility index (Phi) is 1.89. The first-order chi connectivity index (χ1) is 8.12. The third-order valence-electron chi connectivity index (χ3n) is 3.16. The van der Waals surface area contributed by atoms with Crippen molar-refractivity contribution in [1.29, 1.82) is 0 Å². The maximum Gasteiger partial charge on any atom is 0.329 e. The molecule has 0 unspecified atom stereocenters. The van der Waals surface area contributed by atoms with Crippen molar-refractivity contribution in [3.8, 4) is 0 Å². The Labute approximate surface area is 97.3 Å². The third-order valence-corrected chi connectivity index (χ3v) is 3.16. The number of rotatable bonds is 3. The van der Waals surface area contributed by atoms with Gasteiger partial charge in [0.1, 0.15) is 11.1 Å². The molecule has 2 heterocycles. The van der Waals surface area contributed by atoms with Gasteiger partial charge in [-0.15, -0.1) is 0 Å². The highest BCUT2D eigenvalue weighted by Crippen LogP contribution is 2.39. The quantitative estimate of drug-likeness (QED) is 0.825. The normalized spacial score (nSPS) is 17.0. The summed E-state index contributed by atoms with van der Waals surface area (Å²) in [4.78, 5) is 19.5. The SMILES string of the molecule is Cn1cnc2c(NC3(C(=O)O)CC3)nccc21. The van der Waals surface area contributed by atoms with Crippen molar-refractivity contribution in [1.82, 2.24) is 14.5 Å². The van der Waals surface area contributed by atoms with Gasteiger partial charge in [-0.05, 0) is 18.9 Å². The second kappa shape index (κ2) is 3.19. The fourth-order valence-electron chi connectivity index (χ4n) is 1.90. The molecule has 88 valence electrons. The molecule has 17 heavy (non-hydrogen) atoms. The Bertz CT molecular complexity index is 601. The van der Waals surface area contributed by atoms with Crippen LogP contribution < -0.4 is 5.32 Å². The molecule has 1 aliphatic carbocycles. The van der Waals surface area contributed by atoms with Gasteiger partial charge in [0, 0.05) is 13.2 Å². The fraction of sp³-hybridized carbons (Fsp3) is 0.364. The van der Waals surface area contributed by atoms with Crippen molar-refractivity contribution in [2.24, 2.45) is 7.05 Å². The Hall–Kier alpha value is -2.11. The number of hydrogen-bond acceptors (Lipinski definition) is 4. The lowest BCUT2D eigenvalue weighted by Gasteiger charge is -2.13. The summed E-state index contributed by atoms with van der Waals surface area (Å²) in [6, 6.07) is 1.86. The maximum atomic E-state index is 11.1. The second-order valence-electron chi connectivity index (χ2n) is 4.40. The highest BCUT2D eigenvalue weighted by Gasteiger charge is 2.51. The zero-order chi connectivity index (χ0) is 12.0. The number of carboxylic acids is 1. The summed E-state index contributed by atoms with van der Waals surface area (Å²) in [7, 11) is 1.89. The van der Waals surface area contributed by atoms with Crippen molar-refractivity contribution < 1.29 is 9.90 Å². The predicted octanol–water partition coefficient (Wildman–Crippen LogP) is 0.997. The van der Waals surface area contributed by atoms with E-state index in [1.807, 2.05) is 17.7 Å². The Morgan fingerprint density at radius 1 is 1.53 bits per heavy atom. The number of nitrogens with zero attached hydrogens (tertiary/aromatic N) is 3. The Morgan fingerprint density at radius 3 is 2.94 bits per heavy atom. The van der Waals surface area contributed by atoms with Crippen LogP contribution in [0.2, 0.25) is 0 Å². The molecular formula is C11H12N4O2. The molecule has 2 aromatic rings. The number of carboxylic acid groups (broad SMARTS) is 1. The molecule has 6 nitrogen and oxygen atoms in total. The summed E-state index contributed by atoms with van der Waals surface area (Å²) in [5.74, 6) is -0.282. The standard InChI is InChI=1S/C11H12N4O2/c1-15-6-13-8-7(15)2-5-12-9(8)14-11(3-4-11)10(16)17/h2,5-6H,3-4H2,1H3,(H,12,14)(H,16,17). The van der Waals surface area contributed by atoms with Gasteiger partial charge in [0.15, 0.2) is 5.82 Å². The monoisotopic (exact) mass is 232 g/mol. The van der Waals surface area contributed by atoms with Crippen molar-refractivity contribution in [3.05, 3.63) is 18.6 Å². The second-order valence-corrected chi connectivity index (χ2v) is 4.40. The molecule has 3 rings (SSSR count). The number of carbonyl (C=O) groups is 1. The van der Waals surface area contributed by atoms with E-state index < -0.39 is 11.5 Å². The van der Waals surface area contributed by atoms with Crippen LogP contribution >= 0.6 is 0 Å². The van der Waals surface area contributed by atoms with Gasteiger partial charge in [-0.25, -0.2) is 14.8 Å². The lowest BCUT2D eigenvalue weighted by molar-refractivity contribution is -0.138. The fourth-order valence-corrected chi connectivity index (χ4v) is 1.90. The molecule has 0 amide bonds. The first kappa shape index (κ1) is 10.1. The van der Waals surface area contributed by atoms with Crippen LogP contribution in [0, 0.1) is 0 Å². The highest BCUT2D eigenvalue weighted by atomic mass is 16.4. The van der Waals surface area contributed by atoms with E-state index in [-0.39, 0.29) is 0 Å². The van der Waals surface area contributed by atoms with Gasteiger partial charge in [0.25, 0.3) is 0 Å². The Morgan fingerprint density at radius 2 is 2.29 bits per heavy atom. The number of anilines is 1. The molecule has 0 aliphatic heterocycles. The van der Waals surface area contributed by atoms with Crippen LogP contribution in [0.1, 0.15) is 12.8 Å². The van der Waals surface area contributed by atoms with E-state index in [1.165, 1.54) is 0 Å². The van der Waals surface area contributed by atoms with Crippen LogP contribution in [0.5, 0.6) is 0 Å². The molecule has 1 fully saturated rings. The van der Waals surface area contributed by atoms with Gasteiger partial charge in [-0.1, -0.05) is 0 Å². The molecule has 2 N–H and O–H groups in total. The van der Waals surface area contributed by atoms with Gasteiger partial charge in [-0.3, -0.25) is 0 Å². The van der Waals surface area contributed by atoms with Crippen LogP contribution in [0.25, 0.3) is 11.0 Å². The number of pyridine rings is 1. The number of aromatic nitrogens is 3. The van der Waals surface area contributed by atoms with Crippen LogP contribution in [0.15, 0.2) is 18.6 Å². The number of aliphatic carboxylic acids is 1. The summed E-state index contributed by atoms with van der Waals surface area (Å²) in [5.41, 5.74) is 0.810. The molecule has 0 saturated heterocycles. The summed E-state index contributed by atoms with van der Waals surface area (Å²) in [6.07, 6.45) is 4.61. The van der Waals surface area contributed by atoms with Gasteiger partial charge in [0.2, 0.25) is 0 Å². The number of nitrogens with one attached hydrogen (secondary N) is 1. The van der Waals surface area contributed by atoms with Crippen molar-refractivity contribution in [3.63, 3.8) is 0 Å². The van der Waals surface area contributed by atoms with E-state index in [0.29, 0.717) is 24.2 Å². The van der Waals surface area contributed by atoms with E-state index in [0.717, 1.165) is 5.52 Å². The van der Waals surface area contributed by atoms with E-state index in [2.05, 4.69) is 15.3 Å². The van der Waals surface area contributed by atoms with Gasteiger partial charge in [0.05, 0.1) is 11.8 Å². The topological polar surface area (TPSA) is 80.0 Å². The molecular weight excluding hydrogens is 220 g/mol. The predicted molar refractivity (Wildman–Crippen MR) is 61.7 cm³/mol. The van der Waals surface area contributed by atoms with E-state index in [4.69, 9.17) is 5.11 Å². The zero-order valence-electron chi connectivity index (χ0n) is 9.34. The van der Waals surface area contributed by atoms with Gasteiger partial charge in [-0.2, -0.15) is 0 Å². The molecule has 0 bridgehead atoms. The molecule has 0 spiro atoms. The minimum atomic E-state index is -0.835. The molecule has 0 atom stereocenters. The molecule has 1 aliphatic rings. The van der Waals surface area contributed by atoms with Crippen molar-refractivity contribution in [2.75, 3.05) is 5.32 Å². The molecule has 1 saturated carbocycles. The van der Waals surface area contributed by atoms with Crippen LogP contribution in [-0.4, -0.2) is 31.1 Å². The minimum absolute atomic E-state index is 0.544. The number of hydrogen-bond donors (Lipinski definition) is 2. The van der Waals surface area contributed by atoms with Crippen LogP contribution in [-0.2, 0) is 11.8 Å². The average molecular weight is 232 g/mol. The van der Waals surface area contributed by atoms with Crippen LogP contribution in [0.3, 0.4) is 0 Å². The molecule has 0 radical (unpaired) electrons. The Balaban J connectivity index is 2.04. The van der Waals surface area contributed by atoms with E-state index in [1.54, 1.807) is 12.5 Å². The maximum absolute atomic E-state index is 11.1. The molecule has 0 aromatic carbocycles. The average Bonchev–Trinajstić information content (AvgIpc) is 2.99. The molecule has 6 heteroatoms. The van der Waals surface area contributed by atoms with Gasteiger partial charge >= 0.3 is 5.97 Å². The third kappa shape index (κ3) is 1.44. The van der Waals surface area contributed by atoms with Crippen LogP contribution in [0.4, 0.5) is 5.82 Å². The summed E-state index contributed by atoms with van der Waals surface area (Å²) in [5, 5.41) is 12.1. The van der Waals surface area contributed by atoms with Crippen molar-refractivity contribution in [2.45, 2.75) is 18.4 Å². The smallest absolute Gasteiger partial charge is 0.329 e. The highest BCUT2D eigenvalue weighted by molar-refractivity contribution is 5.91. The van der Waals surface area contributed by atoms with E-state index >= 15 is 0 Å². The number of imidazole rings is 1.